The molecule has 0 radical (unpaired) electrons. The number of nitrogens with zero attached hydrogens (tertiary/aromatic N) is 5. The molecule has 2 aliphatic heterocycles. The molecule has 2 aliphatic rings. The van der Waals surface area contributed by atoms with Crippen LogP contribution in [-0.4, -0.2) is 89.7 Å². The van der Waals surface area contributed by atoms with Crippen molar-refractivity contribution in [2.24, 2.45) is 5.92 Å². The van der Waals surface area contributed by atoms with Gasteiger partial charge in [-0.2, -0.15) is 9.50 Å². The Morgan fingerprint density at radius 2 is 2.14 bits per heavy atom. The first-order valence-corrected chi connectivity index (χ1v) is 10.2. The zero-order chi connectivity index (χ0) is 20.2. The van der Waals surface area contributed by atoms with E-state index in [1.54, 1.807) is 4.52 Å². The number of anilines is 1. The molecule has 10 heteroatoms. The molecule has 0 bridgehead atoms. The summed E-state index contributed by atoms with van der Waals surface area (Å²) < 4.78 is 17.5. The summed E-state index contributed by atoms with van der Waals surface area (Å²) in [4.78, 5) is 23.0. The number of morpholine rings is 1. The third kappa shape index (κ3) is 4.34. The molecule has 0 aromatic carbocycles. The van der Waals surface area contributed by atoms with Crippen molar-refractivity contribution in [3.05, 3.63) is 17.6 Å². The van der Waals surface area contributed by atoms with Gasteiger partial charge < -0.3 is 19.5 Å². The van der Waals surface area contributed by atoms with Crippen molar-refractivity contribution in [2.75, 3.05) is 58.5 Å². The fourth-order valence-corrected chi connectivity index (χ4v) is 3.97. The average molecular weight is 404 g/mol. The van der Waals surface area contributed by atoms with Crippen molar-refractivity contribution < 1.29 is 19.0 Å². The normalized spacial score (nSPS) is 21.4. The number of nitrogens with one attached hydrogen (secondary N) is 1. The lowest BCUT2D eigenvalue weighted by Crippen LogP contribution is -2.50. The number of rotatable bonds is 7. The monoisotopic (exact) mass is 404 g/mol. The van der Waals surface area contributed by atoms with E-state index < -0.39 is 5.97 Å². The summed E-state index contributed by atoms with van der Waals surface area (Å²) >= 11 is 0. The van der Waals surface area contributed by atoms with Crippen LogP contribution in [0.25, 0.3) is 5.78 Å². The SMILES string of the molecule is CCc1cc(NC[C@H]([C@H]2CCOC2)N2CCOCC2)n2nc(C(=O)OC)nc2n1. The van der Waals surface area contributed by atoms with E-state index >= 15 is 0 Å². The molecule has 0 aliphatic carbocycles. The van der Waals surface area contributed by atoms with E-state index in [0.717, 1.165) is 70.4 Å². The number of fused-ring (bicyclic) bond motifs is 1. The fraction of sp³-hybridized carbons (Fsp3) is 0.684. The van der Waals surface area contributed by atoms with Crippen molar-refractivity contribution in [3.8, 4) is 0 Å². The first kappa shape index (κ1) is 20.0. The van der Waals surface area contributed by atoms with Crippen molar-refractivity contribution in [1.82, 2.24) is 24.5 Å². The van der Waals surface area contributed by atoms with Crippen LogP contribution in [0.15, 0.2) is 6.07 Å². The lowest BCUT2D eigenvalue weighted by Gasteiger charge is -2.37. The maximum Gasteiger partial charge on any atom is 0.378 e. The molecule has 0 unspecified atom stereocenters. The van der Waals surface area contributed by atoms with Gasteiger partial charge in [-0.05, 0) is 12.8 Å². The first-order valence-electron chi connectivity index (χ1n) is 10.2. The van der Waals surface area contributed by atoms with Gasteiger partial charge in [0.1, 0.15) is 5.82 Å². The lowest BCUT2D eigenvalue weighted by atomic mass is 9.97. The summed E-state index contributed by atoms with van der Waals surface area (Å²) in [5.74, 6) is 1.06. The predicted molar refractivity (Wildman–Crippen MR) is 105 cm³/mol. The first-order chi connectivity index (χ1) is 14.2. The van der Waals surface area contributed by atoms with Gasteiger partial charge in [-0.1, -0.05) is 6.92 Å². The van der Waals surface area contributed by atoms with Gasteiger partial charge in [-0.15, -0.1) is 5.10 Å². The molecular weight excluding hydrogens is 376 g/mol. The number of hydrogen-bond acceptors (Lipinski definition) is 9. The molecule has 0 saturated carbocycles. The van der Waals surface area contributed by atoms with Crippen LogP contribution in [0.1, 0.15) is 29.7 Å². The fourth-order valence-electron chi connectivity index (χ4n) is 3.97. The third-order valence-electron chi connectivity index (χ3n) is 5.61. The van der Waals surface area contributed by atoms with Gasteiger partial charge in [0.05, 0.1) is 26.9 Å². The van der Waals surface area contributed by atoms with Gasteiger partial charge in [0, 0.05) is 50.0 Å². The summed E-state index contributed by atoms with van der Waals surface area (Å²) in [6.45, 7) is 7.73. The van der Waals surface area contributed by atoms with Gasteiger partial charge in [0.15, 0.2) is 0 Å². The zero-order valence-electron chi connectivity index (χ0n) is 17.0. The topological polar surface area (TPSA) is 103 Å². The number of carbonyl (C=O) groups is 1. The van der Waals surface area contributed by atoms with Crippen LogP contribution < -0.4 is 5.32 Å². The average Bonchev–Trinajstić information content (AvgIpc) is 3.44. The van der Waals surface area contributed by atoms with E-state index in [4.69, 9.17) is 14.2 Å². The minimum Gasteiger partial charge on any atom is -0.463 e. The van der Waals surface area contributed by atoms with Gasteiger partial charge in [0.2, 0.25) is 0 Å². The van der Waals surface area contributed by atoms with E-state index in [2.05, 4.69) is 25.3 Å². The van der Waals surface area contributed by atoms with Crippen molar-refractivity contribution in [3.63, 3.8) is 0 Å². The molecule has 4 rings (SSSR count). The van der Waals surface area contributed by atoms with E-state index in [-0.39, 0.29) is 5.82 Å². The largest absolute Gasteiger partial charge is 0.463 e. The third-order valence-corrected chi connectivity index (χ3v) is 5.61. The summed E-state index contributed by atoms with van der Waals surface area (Å²) in [7, 11) is 1.31. The molecule has 158 valence electrons. The molecule has 0 spiro atoms. The number of methoxy groups -OCH3 is 1. The maximum absolute atomic E-state index is 11.9. The standard InChI is InChI=1S/C19H28N6O4/c1-3-14-10-16(25-19(21-14)22-17(23-25)18(26)27-2)20-11-15(13-4-7-29-12-13)24-5-8-28-9-6-24/h10,13,15,20H,3-9,11-12H2,1-2H3/t13-,15+/m0/s1. The van der Waals surface area contributed by atoms with Crippen molar-refractivity contribution in [2.45, 2.75) is 25.8 Å². The molecule has 0 amide bonds. The quantitative estimate of drug-likeness (QED) is 0.665. The van der Waals surface area contributed by atoms with Crippen molar-refractivity contribution >= 4 is 17.6 Å². The molecule has 2 fully saturated rings. The van der Waals surface area contributed by atoms with E-state index in [0.29, 0.717) is 17.7 Å². The Kier molecular flexibility index (Phi) is 6.22. The summed E-state index contributed by atoms with van der Waals surface area (Å²) in [6.07, 6.45) is 1.82. The molecule has 2 aromatic rings. The van der Waals surface area contributed by atoms with Crippen LogP contribution in [0.4, 0.5) is 5.82 Å². The number of carbonyl (C=O) groups excluding carboxylic acids is 1. The molecule has 2 saturated heterocycles. The predicted octanol–water partition coefficient (Wildman–Crippen LogP) is 0.623. The second-order valence-corrected chi connectivity index (χ2v) is 7.35. The minimum absolute atomic E-state index is 0.00484. The molecule has 2 aromatic heterocycles. The van der Waals surface area contributed by atoms with Crippen LogP contribution in [-0.2, 0) is 20.6 Å². The van der Waals surface area contributed by atoms with Crippen LogP contribution in [0.5, 0.6) is 0 Å². The van der Waals surface area contributed by atoms with Crippen LogP contribution in [0.3, 0.4) is 0 Å². The Balaban J connectivity index is 1.59. The van der Waals surface area contributed by atoms with Crippen LogP contribution in [0.2, 0.25) is 0 Å². The molecular formula is C19H28N6O4. The highest BCUT2D eigenvalue weighted by Crippen LogP contribution is 2.23. The molecule has 29 heavy (non-hydrogen) atoms. The summed E-state index contributed by atoms with van der Waals surface area (Å²) in [6, 6.07) is 2.29. The number of hydrogen-bond donors (Lipinski definition) is 1. The van der Waals surface area contributed by atoms with E-state index in [1.807, 2.05) is 13.0 Å². The van der Waals surface area contributed by atoms with Crippen molar-refractivity contribution in [1.29, 1.82) is 0 Å². The molecule has 1 N–H and O–H groups in total. The molecule has 2 atom stereocenters. The van der Waals surface area contributed by atoms with Gasteiger partial charge in [0.25, 0.3) is 11.6 Å². The van der Waals surface area contributed by atoms with Gasteiger partial charge in [-0.3, -0.25) is 4.90 Å². The second kappa shape index (κ2) is 9.02. The summed E-state index contributed by atoms with van der Waals surface area (Å²) in [5, 5.41) is 7.83. The highest BCUT2D eigenvalue weighted by atomic mass is 16.5. The molecule has 10 nitrogen and oxygen atoms in total. The number of aryl methyl sites for hydroxylation is 1. The van der Waals surface area contributed by atoms with Gasteiger partial charge >= 0.3 is 5.97 Å². The Bertz CT molecular complexity index is 845. The number of esters is 1. The Labute approximate surface area is 169 Å². The van der Waals surface area contributed by atoms with E-state index in [9.17, 15) is 4.79 Å². The lowest BCUT2D eigenvalue weighted by molar-refractivity contribution is 0.00459. The van der Waals surface area contributed by atoms with Crippen LogP contribution in [0, 0.1) is 5.92 Å². The number of aromatic nitrogens is 4. The second-order valence-electron chi connectivity index (χ2n) is 7.35. The van der Waals surface area contributed by atoms with Crippen LogP contribution >= 0.6 is 0 Å². The highest BCUT2D eigenvalue weighted by molar-refractivity contribution is 5.85. The van der Waals surface area contributed by atoms with Gasteiger partial charge in [-0.25, -0.2) is 9.78 Å². The maximum atomic E-state index is 11.9. The Morgan fingerprint density at radius 1 is 1.31 bits per heavy atom. The minimum atomic E-state index is -0.575. The molecule has 4 heterocycles. The highest BCUT2D eigenvalue weighted by Gasteiger charge is 2.31. The number of ether oxygens (including phenoxy) is 3. The Morgan fingerprint density at radius 3 is 2.83 bits per heavy atom. The Hall–Kier alpha value is -2.30. The summed E-state index contributed by atoms with van der Waals surface area (Å²) in [5.41, 5.74) is 0.885. The van der Waals surface area contributed by atoms with E-state index in [1.165, 1.54) is 7.11 Å². The zero-order valence-corrected chi connectivity index (χ0v) is 17.0. The smallest absolute Gasteiger partial charge is 0.378 e.